The molecule has 0 spiro atoms. The molecule has 2 heterocycles. The number of hydrogen-bond donors (Lipinski definition) is 1. The van der Waals surface area contributed by atoms with Crippen LogP contribution in [0, 0.1) is 0 Å². The summed E-state index contributed by atoms with van der Waals surface area (Å²) in [5.41, 5.74) is 4.34. The number of nitrogens with two attached hydrogens (primary N) is 1. The van der Waals surface area contributed by atoms with E-state index >= 15 is 0 Å². The summed E-state index contributed by atoms with van der Waals surface area (Å²) in [6.45, 7) is 1.59. The summed E-state index contributed by atoms with van der Waals surface area (Å²) in [4.78, 5) is 26.3. The number of anilines is 1. The summed E-state index contributed by atoms with van der Waals surface area (Å²) in [6.07, 6.45) is -3.63. The van der Waals surface area contributed by atoms with Gasteiger partial charge in [0.15, 0.2) is 6.10 Å². The standard InChI is InChI=1S/C12H14ClF2N3O4/c1-2-6-9(22-8(19)5-13)12(14,15)10(21-6)18-4-3-7(16)17-11(18)20/h3-4,6,9-10H,2,5H2,1H3,(H2,16,17,20)/t6-,9+,10?/m1/s1. The molecule has 122 valence electrons. The number of nitrogens with zero attached hydrogens (tertiary/aromatic N) is 2. The summed E-state index contributed by atoms with van der Waals surface area (Å²) < 4.78 is 39.5. The van der Waals surface area contributed by atoms with Crippen molar-refractivity contribution in [1.82, 2.24) is 9.55 Å². The molecule has 1 aliphatic rings. The number of carbonyl (C=O) groups excluding carboxylic acids is 1. The molecule has 2 N–H and O–H groups in total. The van der Waals surface area contributed by atoms with E-state index in [0.717, 1.165) is 6.20 Å². The molecule has 1 aliphatic heterocycles. The van der Waals surface area contributed by atoms with Gasteiger partial charge < -0.3 is 15.2 Å². The Bertz CT molecular complexity index is 625. The van der Waals surface area contributed by atoms with Crippen molar-refractivity contribution in [2.45, 2.75) is 37.7 Å². The van der Waals surface area contributed by atoms with Gasteiger partial charge in [0.05, 0.1) is 0 Å². The summed E-state index contributed by atoms with van der Waals surface area (Å²) in [7, 11) is 0. The first-order valence-electron chi connectivity index (χ1n) is 6.44. The highest BCUT2D eigenvalue weighted by Gasteiger charge is 2.61. The molecule has 22 heavy (non-hydrogen) atoms. The first kappa shape index (κ1) is 16.6. The maximum Gasteiger partial charge on any atom is 0.351 e. The lowest BCUT2D eigenvalue weighted by Gasteiger charge is -2.23. The van der Waals surface area contributed by atoms with Crippen LogP contribution in [0.1, 0.15) is 19.6 Å². The molecule has 0 aromatic carbocycles. The van der Waals surface area contributed by atoms with E-state index in [2.05, 4.69) is 9.72 Å². The molecular formula is C12H14ClF2N3O4. The lowest BCUT2D eigenvalue weighted by atomic mass is 10.1. The first-order valence-corrected chi connectivity index (χ1v) is 6.98. The number of esters is 1. The Labute approximate surface area is 129 Å². The van der Waals surface area contributed by atoms with Gasteiger partial charge in [-0.05, 0) is 12.5 Å². The Balaban J connectivity index is 2.37. The van der Waals surface area contributed by atoms with Crippen molar-refractivity contribution in [2.24, 2.45) is 0 Å². The minimum atomic E-state index is -3.62. The lowest BCUT2D eigenvalue weighted by Crippen LogP contribution is -2.44. The fraction of sp³-hybridized carbons (Fsp3) is 0.583. The van der Waals surface area contributed by atoms with Gasteiger partial charge in [-0.2, -0.15) is 13.8 Å². The number of alkyl halides is 3. The first-order chi connectivity index (χ1) is 10.3. The minimum absolute atomic E-state index is 0.0975. The van der Waals surface area contributed by atoms with Gasteiger partial charge in [-0.15, -0.1) is 11.6 Å². The molecule has 1 aromatic heterocycles. The van der Waals surface area contributed by atoms with Crippen molar-refractivity contribution in [3.05, 3.63) is 22.7 Å². The van der Waals surface area contributed by atoms with E-state index in [9.17, 15) is 18.4 Å². The van der Waals surface area contributed by atoms with Crippen molar-refractivity contribution in [1.29, 1.82) is 0 Å². The number of aromatic nitrogens is 2. The van der Waals surface area contributed by atoms with E-state index in [-0.39, 0.29) is 12.2 Å². The highest BCUT2D eigenvalue weighted by molar-refractivity contribution is 6.26. The number of nitrogen functional groups attached to an aromatic ring is 1. The third kappa shape index (κ3) is 2.91. The predicted octanol–water partition coefficient (Wildman–Crippen LogP) is 0.919. The van der Waals surface area contributed by atoms with Crippen molar-refractivity contribution >= 4 is 23.4 Å². The van der Waals surface area contributed by atoms with Gasteiger partial charge >= 0.3 is 17.6 Å². The molecule has 3 atom stereocenters. The van der Waals surface area contributed by atoms with Crippen molar-refractivity contribution in [3.63, 3.8) is 0 Å². The van der Waals surface area contributed by atoms with Gasteiger partial charge in [0.1, 0.15) is 17.8 Å². The molecule has 0 radical (unpaired) electrons. The van der Waals surface area contributed by atoms with Crippen LogP contribution in [-0.4, -0.2) is 39.5 Å². The van der Waals surface area contributed by atoms with Gasteiger partial charge in [-0.1, -0.05) is 6.92 Å². The second-order valence-corrected chi connectivity index (χ2v) is 4.96. The Morgan fingerprint density at radius 2 is 2.32 bits per heavy atom. The number of ether oxygens (including phenoxy) is 2. The van der Waals surface area contributed by atoms with Crippen molar-refractivity contribution in [3.8, 4) is 0 Å². The average Bonchev–Trinajstić information content (AvgIpc) is 2.70. The minimum Gasteiger partial charge on any atom is -0.452 e. The second kappa shape index (κ2) is 6.17. The fourth-order valence-electron chi connectivity index (χ4n) is 2.21. The molecule has 0 bridgehead atoms. The Hall–Kier alpha value is -1.74. The van der Waals surface area contributed by atoms with Crippen molar-refractivity contribution in [2.75, 3.05) is 11.6 Å². The SMILES string of the molecule is CC[C@H]1OC(n2ccc(N)nc2=O)C(F)(F)[C@H]1OC(=O)CCl. The summed E-state index contributed by atoms with van der Waals surface area (Å²) in [5, 5.41) is 0. The maximum atomic E-state index is 14.5. The molecule has 0 aliphatic carbocycles. The van der Waals surface area contributed by atoms with Crippen LogP contribution in [0.4, 0.5) is 14.6 Å². The molecule has 0 saturated carbocycles. The normalized spacial score (nSPS) is 26.8. The van der Waals surface area contributed by atoms with Crippen LogP contribution in [0.2, 0.25) is 0 Å². The molecule has 1 unspecified atom stereocenters. The largest absolute Gasteiger partial charge is 0.452 e. The van der Waals surface area contributed by atoms with Gasteiger partial charge in [-0.25, -0.2) is 4.79 Å². The van der Waals surface area contributed by atoms with Crippen LogP contribution in [0.3, 0.4) is 0 Å². The van der Waals surface area contributed by atoms with E-state index < -0.39 is 41.9 Å². The molecule has 7 nitrogen and oxygen atoms in total. The smallest absolute Gasteiger partial charge is 0.351 e. The zero-order chi connectivity index (χ0) is 16.5. The average molecular weight is 338 g/mol. The van der Waals surface area contributed by atoms with E-state index in [1.807, 2.05) is 0 Å². The molecule has 1 saturated heterocycles. The maximum absolute atomic E-state index is 14.5. The van der Waals surface area contributed by atoms with Crippen LogP contribution in [-0.2, 0) is 14.3 Å². The lowest BCUT2D eigenvalue weighted by molar-refractivity contribution is -0.173. The Kier molecular flexibility index (Phi) is 4.66. The van der Waals surface area contributed by atoms with Crippen LogP contribution < -0.4 is 11.4 Å². The monoisotopic (exact) mass is 337 g/mol. The van der Waals surface area contributed by atoms with Gasteiger partial charge in [0, 0.05) is 6.20 Å². The quantitative estimate of drug-likeness (QED) is 0.648. The zero-order valence-corrected chi connectivity index (χ0v) is 12.3. The zero-order valence-electron chi connectivity index (χ0n) is 11.5. The summed E-state index contributed by atoms with van der Waals surface area (Å²) >= 11 is 5.27. The van der Waals surface area contributed by atoms with Crippen LogP contribution in [0.15, 0.2) is 17.1 Å². The molecular weight excluding hydrogens is 324 g/mol. The van der Waals surface area contributed by atoms with Gasteiger partial charge in [0.2, 0.25) is 6.23 Å². The van der Waals surface area contributed by atoms with E-state index in [1.54, 1.807) is 6.92 Å². The van der Waals surface area contributed by atoms with Gasteiger partial charge in [-0.3, -0.25) is 9.36 Å². The predicted molar refractivity (Wildman–Crippen MR) is 72.7 cm³/mol. The van der Waals surface area contributed by atoms with Gasteiger partial charge in [0.25, 0.3) is 0 Å². The molecule has 1 fully saturated rings. The second-order valence-electron chi connectivity index (χ2n) is 4.70. The van der Waals surface area contributed by atoms with Crippen LogP contribution in [0.25, 0.3) is 0 Å². The summed E-state index contributed by atoms with van der Waals surface area (Å²) in [5.74, 6) is -5.27. The topological polar surface area (TPSA) is 96.4 Å². The van der Waals surface area contributed by atoms with E-state index in [0.29, 0.717) is 4.57 Å². The molecule has 0 amide bonds. The number of rotatable bonds is 4. The third-order valence-corrected chi connectivity index (χ3v) is 3.44. The highest BCUT2D eigenvalue weighted by Crippen LogP contribution is 2.44. The third-order valence-electron chi connectivity index (χ3n) is 3.22. The molecule has 10 heteroatoms. The van der Waals surface area contributed by atoms with E-state index in [4.69, 9.17) is 22.1 Å². The highest BCUT2D eigenvalue weighted by atomic mass is 35.5. The molecule has 1 aromatic rings. The molecule has 2 rings (SSSR count). The van der Waals surface area contributed by atoms with E-state index in [1.165, 1.54) is 6.07 Å². The van der Waals surface area contributed by atoms with Crippen molar-refractivity contribution < 1.29 is 23.0 Å². The Morgan fingerprint density at radius 3 is 2.86 bits per heavy atom. The number of hydrogen-bond acceptors (Lipinski definition) is 6. The van der Waals surface area contributed by atoms with Crippen LogP contribution >= 0.6 is 11.6 Å². The number of carbonyl (C=O) groups is 1. The fourth-order valence-corrected chi connectivity index (χ4v) is 2.27. The van der Waals surface area contributed by atoms with Crippen LogP contribution in [0.5, 0.6) is 0 Å². The number of halogens is 3. The Morgan fingerprint density at radius 1 is 1.64 bits per heavy atom. The summed E-state index contributed by atoms with van der Waals surface area (Å²) in [6, 6.07) is 1.19.